The van der Waals surface area contributed by atoms with Crippen LogP contribution in [0.5, 0.6) is 0 Å². The molecule has 0 aliphatic carbocycles. The standard InChI is InChI=1S/C11H15NO3S/c13-8-11-6-12(7-11)16(14,15)9-10-4-2-1-3-5-10/h1-5,11,13H,6-9H2. The lowest BCUT2D eigenvalue weighted by atomic mass is 10.1. The van der Waals surface area contributed by atoms with Gasteiger partial charge in [0.25, 0.3) is 0 Å². The largest absolute Gasteiger partial charge is 0.396 e. The van der Waals surface area contributed by atoms with Crippen molar-refractivity contribution in [2.45, 2.75) is 5.75 Å². The maximum atomic E-state index is 11.9. The van der Waals surface area contributed by atoms with Gasteiger partial charge in [-0.2, -0.15) is 0 Å². The quantitative estimate of drug-likeness (QED) is 0.832. The summed E-state index contributed by atoms with van der Waals surface area (Å²) in [7, 11) is -3.20. The molecule has 1 heterocycles. The molecule has 1 saturated heterocycles. The smallest absolute Gasteiger partial charge is 0.218 e. The first-order chi connectivity index (χ1) is 7.62. The third-order valence-corrected chi connectivity index (χ3v) is 4.55. The zero-order valence-electron chi connectivity index (χ0n) is 8.91. The molecule has 1 aromatic carbocycles. The summed E-state index contributed by atoms with van der Waals surface area (Å²) in [6, 6.07) is 9.14. The van der Waals surface area contributed by atoms with Crippen LogP contribution in [0.2, 0.25) is 0 Å². The molecule has 0 bridgehead atoms. The summed E-state index contributed by atoms with van der Waals surface area (Å²) in [6.45, 7) is 0.967. The molecule has 1 aliphatic rings. The highest BCUT2D eigenvalue weighted by atomic mass is 32.2. The van der Waals surface area contributed by atoms with Crippen LogP contribution in [0.1, 0.15) is 5.56 Å². The highest BCUT2D eigenvalue weighted by Gasteiger charge is 2.34. The molecule has 16 heavy (non-hydrogen) atoms. The van der Waals surface area contributed by atoms with E-state index < -0.39 is 10.0 Å². The Morgan fingerprint density at radius 1 is 1.25 bits per heavy atom. The van der Waals surface area contributed by atoms with Crippen molar-refractivity contribution in [2.24, 2.45) is 5.92 Å². The lowest BCUT2D eigenvalue weighted by Crippen LogP contribution is -2.51. The van der Waals surface area contributed by atoms with Gasteiger partial charge in [-0.15, -0.1) is 0 Å². The van der Waals surface area contributed by atoms with Crippen molar-refractivity contribution in [1.29, 1.82) is 0 Å². The maximum absolute atomic E-state index is 11.9. The molecule has 0 unspecified atom stereocenters. The zero-order chi connectivity index (χ0) is 11.6. The Bertz CT molecular complexity index is 438. The highest BCUT2D eigenvalue weighted by molar-refractivity contribution is 7.88. The van der Waals surface area contributed by atoms with Crippen LogP contribution in [0.25, 0.3) is 0 Å². The van der Waals surface area contributed by atoms with Crippen LogP contribution in [0, 0.1) is 5.92 Å². The summed E-state index contributed by atoms with van der Waals surface area (Å²) in [5.41, 5.74) is 0.801. The fourth-order valence-corrected chi connectivity index (χ4v) is 3.41. The molecular formula is C11H15NO3S. The van der Waals surface area contributed by atoms with Crippen molar-refractivity contribution in [3.8, 4) is 0 Å². The topological polar surface area (TPSA) is 57.6 Å². The van der Waals surface area contributed by atoms with E-state index in [2.05, 4.69) is 0 Å². The van der Waals surface area contributed by atoms with Crippen LogP contribution in [0.4, 0.5) is 0 Å². The van der Waals surface area contributed by atoms with E-state index in [9.17, 15) is 8.42 Å². The van der Waals surface area contributed by atoms with Gasteiger partial charge in [0.1, 0.15) is 0 Å². The molecule has 0 saturated carbocycles. The van der Waals surface area contributed by atoms with E-state index >= 15 is 0 Å². The lowest BCUT2D eigenvalue weighted by molar-refractivity contribution is 0.117. The van der Waals surface area contributed by atoms with Crippen LogP contribution < -0.4 is 0 Å². The molecule has 1 aromatic rings. The molecular weight excluding hydrogens is 226 g/mol. The molecule has 1 aliphatic heterocycles. The second kappa shape index (κ2) is 4.53. The Morgan fingerprint density at radius 2 is 1.88 bits per heavy atom. The predicted octanol–water partition coefficient (Wildman–Crippen LogP) is 0.441. The first-order valence-electron chi connectivity index (χ1n) is 5.24. The minimum Gasteiger partial charge on any atom is -0.396 e. The van der Waals surface area contributed by atoms with Crippen LogP contribution >= 0.6 is 0 Å². The Morgan fingerprint density at radius 3 is 2.44 bits per heavy atom. The number of benzene rings is 1. The second-order valence-electron chi connectivity index (χ2n) is 4.11. The molecule has 0 radical (unpaired) electrons. The van der Waals surface area contributed by atoms with E-state index in [0.29, 0.717) is 13.1 Å². The van der Waals surface area contributed by atoms with E-state index in [-0.39, 0.29) is 18.3 Å². The number of hydrogen-bond acceptors (Lipinski definition) is 3. The Labute approximate surface area is 95.6 Å². The molecule has 4 nitrogen and oxygen atoms in total. The van der Waals surface area contributed by atoms with Gasteiger partial charge in [0.05, 0.1) is 5.75 Å². The van der Waals surface area contributed by atoms with E-state index in [0.717, 1.165) is 5.56 Å². The molecule has 2 rings (SSSR count). The molecule has 5 heteroatoms. The van der Waals surface area contributed by atoms with E-state index in [1.54, 1.807) is 12.1 Å². The maximum Gasteiger partial charge on any atom is 0.218 e. The summed E-state index contributed by atoms with van der Waals surface area (Å²) in [6.07, 6.45) is 0. The van der Waals surface area contributed by atoms with Gasteiger partial charge in [-0.25, -0.2) is 12.7 Å². The summed E-state index contributed by atoms with van der Waals surface area (Å²) >= 11 is 0. The summed E-state index contributed by atoms with van der Waals surface area (Å²) in [4.78, 5) is 0. The first kappa shape index (κ1) is 11.6. The lowest BCUT2D eigenvalue weighted by Gasteiger charge is -2.36. The van der Waals surface area contributed by atoms with Gasteiger partial charge in [-0.05, 0) is 5.56 Å². The number of nitrogens with zero attached hydrogens (tertiary/aromatic N) is 1. The monoisotopic (exact) mass is 241 g/mol. The van der Waals surface area contributed by atoms with Gasteiger partial charge >= 0.3 is 0 Å². The van der Waals surface area contributed by atoms with Crippen molar-refractivity contribution >= 4 is 10.0 Å². The minimum absolute atomic E-state index is 0.0476. The van der Waals surface area contributed by atoms with Crippen LogP contribution in [0.3, 0.4) is 0 Å². The number of rotatable bonds is 4. The Balaban J connectivity index is 2.00. The van der Waals surface area contributed by atoms with Crippen molar-refractivity contribution in [3.05, 3.63) is 35.9 Å². The number of sulfonamides is 1. The van der Waals surface area contributed by atoms with Gasteiger partial charge in [-0.1, -0.05) is 30.3 Å². The average molecular weight is 241 g/mol. The first-order valence-corrected chi connectivity index (χ1v) is 6.85. The SMILES string of the molecule is O=S(=O)(Cc1ccccc1)N1CC(CO)C1. The second-order valence-corrected chi connectivity index (χ2v) is 6.08. The average Bonchev–Trinajstić information content (AvgIpc) is 2.16. The number of aliphatic hydroxyl groups excluding tert-OH is 1. The van der Waals surface area contributed by atoms with Crippen LogP contribution in [-0.2, 0) is 15.8 Å². The number of hydrogen-bond donors (Lipinski definition) is 1. The van der Waals surface area contributed by atoms with Gasteiger partial charge in [0.2, 0.25) is 10.0 Å². The fourth-order valence-electron chi connectivity index (χ4n) is 1.74. The molecule has 0 aromatic heterocycles. The summed E-state index contributed by atoms with van der Waals surface area (Å²) in [5.74, 6) is 0.164. The van der Waals surface area contributed by atoms with Crippen molar-refractivity contribution in [2.75, 3.05) is 19.7 Å². The Hall–Kier alpha value is -0.910. The van der Waals surface area contributed by atoms with Gasteiger partial charge in [0.15, 0.2) is 0 Å². The van der Waals surface area contributed by atoms with E-state index in [1.165, 1.54) is 4.31 Å². The molecule has 1 N–H and O–H groups in total. The van der Waals surface area contributed by atoms with Gasteiger partial charge in [0, 0.05) is 25.6 Å². The molecule has 0 spiro atoms. The fraction of sp³-hybridized carbons (Fsp3) is 0.455. The van der Waals surface area contributed by atoms with Gasteiger partial charge in [-0.3, -0.25) is 0 Å². The van der Waals surface area contributed by atoms with Gasteiger partial charge < -0.3 is 5.11 Å². The molecule has 0 amide bonds. The predicted molar refractivity (Wildman–Crippen MR) is 61.2 cm³/mol. The van der Waals surface area contributed by atoms with E-state index in [1.807, 2.05) is 18.2 Å². The molecule has 88 valence electrons. The van der Waals surface area contributed by atoms with Crippen molar-refractivity contribution in [3.63, 3.8) is 0 Å². The van der Waals surface area contributed by atoms with E-state index in [4.69, 9.17) is 5.11 Å². The van der Waals surface area contributed by atoms with Crippen LogP contribution in [-0.4, -0.2) is 37.5 Å². The van der Waals surface area contributed by atoms with Crippen LogP contribution in [0.15, 0.2) is 30.3 Å². The summed E-state index contributed by atoms with van der Waals surface area (Å²) in [5, 5.41) is 8.84. The normalized spacial score (nSPS) is 18.3. The van der Waals surface area contributed by atoms with Crippen molar-refractivity contribution in [1.82, 2.24) is 4.31 Å². The Kier molecular flexibility index (Phi) is 3.28. The third kappa shape index (κ3) is 2.42. The summed E-state index contributed by atoms with van der Waals surface area (Å²) < 4.78 is 25.2. The number of aliphatic hydroxyl groups is 1. The zero-order valence-corrected chi connectivity index (χ0v) is 9.73. The molecule has 1 fully saturated rings. The minimum atomic E-state index is -3.20. The third-order valence-electron chi connectivity index (χ3n) is 2.77. The molecule has 0 atom stereocenters. The highest BCUT2D eigenvalue weighted by Crippen LogP contribution is 2.21. The van der Waals surface area contributed by atoms with Crippen molar-refractivity contribution < 1.29 is 13.5 Å².